The van der Waals surface area contributed by atoms with Crippen LogP contribution in [0, 0.1) is 12.7 Å². The number of nitrogens with zero attached hydrogens (tertiary/aromatic N) is 1. The smallest absolute Gasteiger partial charge is 0.269 e. The Hall–Kier alpha value is -3.13. The van der Waals surface area contributed by atoms with Crippen LogP contribution in [0.25, 0.3) is 0 Å². The molecule has 0 unspecified atom stereocenters. The van der Waals surface area contributed by atoms with Gasteiger partial charge in [0, 0.05) is 17.7 Å². The van der Waals surface area contributed by atoms with E-state index in [-0.39, 0.29) is 17.2 Å². The van der Waals surface area contributed by atoms with Crippen LogP contribution in [0.1, 0.15) is 27.3 Å². The molecule has 8 heteroatoms. The van der Waals surface area contributed by atoms with Crippen molar-refractivity contribution < 1.29 is 14.0 Å². The summed E-state index contributed by atoms with van der Waals surface area (Å²) in [7, 11) is 0. The van der Waals surface area contributed by atoms with E-state index in [4.69, 9.17) is 0 Å². The molecule has 144 valence electrons. The molecule has 2 aromatic carbocycles. The summed E-state index contributed by atoms with van der Waals surface area (Å²) in [6, 6.07) is 15.1. The minimum atomic E-state index is -0.516. The number of rotatable bonds is 6. The van der Waals surface area contributed by atoms with E-state index in [2.05, 4.69) is 20.8 Å². The van der Waals surface area contributed by atoms with Gasteiger partial charge in [-0.2, -0.15) is 0 Å². The number of carbonyl (C=O) groups is 2. The molecule has 0 saturated heterocycles. The van der Waals surface area contributed by atoms with Gasteiger partial charge in [0.2, 0.25) is 5.91 Å². The van der Waals surface area contributed by atoms with Crippen molar-refractivity contribution in [1.29, 1.82) is 0 Å². The van der Waals surface area contributed by atoms with Crippen LogP contribution in [0.5, 0.6) is 0 Å². The van der Waals surface area contributed by atoms with Crippen LogP contribution >= 0.6 is 11.8 Å². The van der Waals surface area contributed by atoms with Crippen LogP contribution in [0.15, 0.2) is 59.8 Å². The van der Waals surface area contributed by atoms with Crippen molar-refractivity contribution >= 4 is 23.6 Å². The summed E-state index contributed by atoms with van der Waals surface area (Å²) in [6.07, 6.45) is 0.712. The van der Waals surface area contributed by atoms with E-state index in [1.165, 1.54) is 36.0 Å². The lowest BCUT2D eigenvalue weighted by Gasteiger charge is -2.06. The van der Waals surface area contributed by atoms with Crippen molar-refractivity contribution in [3.8, 4) is 0 Å². The fraction of sp³-hybridized carbons (Fsp3) is 0.150. The Bertz CT molecular complexity index is 958. The van der Waals surface area contributed by atoms with Crippen LogP contribution in [0.4, 0.5) is 4.39 Å². The normalized spacial score (nSPS) is 10.5. The number of aryl methyl sites for hydroxylation is 1. The maximum absolute atomic E-state index is 12.9. The Balaban J connectivity index is 1.47. The molecule has 1 heterocycles. The molecule has 0 spiro atoms. The first kappa shape index (κ1) is 19.6. The SMILES string of the molecule is Cc1[nH]c(SCC(=O)NNC(=O)c2ccc(F)cc2)nc1Cc1ccccc1. The van der Waals surface area contributed by atoms with Gasteiger partial charge >= 0.3 is 0 Å². The summed E-state index contributed by atoms with van der Waals surface area (Å²) in [5.74, 6) is -1.24. The molecule has 6 nitrogen and oxygen atoms in total. The van der Waals surface area contributed by atoms with E-state index >= 15 is 0 Å². The summed E-state index contributed by atoms with van der Waals surface area (Å²) >= 11 is 1.24. The highest BCUT2D eigenvalue weighted by Crippen LogP contribution is 2.18. The number of hydrogen-bond donors (Lipinski definition) is 3. The number of hydrazine groups is 1. The Morgan fingerprint density at radius 3 is 2.50 bits per heavy atom. The van der Waals surface area contributed by atoms with Gasteiger partial charge in [0.25, 0.3) is 5.91 Å². The highest BCUT2D eigenvalue weighted by atomic mass is 32.2. The van der Waals surface area contributed by atoms with Gasteiger partial charge in [-0.05, 0) is 36.8 Å². The number of aromatic amines is 1. The third-order valence-corrected chi connectivity index (χ3v) is 4.81. The fourth-order valence-electron chi connectivity index (χ4n) is 2.47. The average Bonchev–Trinajstić information content (AvgIpc) is 3.05. The predicted molar refractivity (Wildman–Crippen MR) is 105 cm³/mol. The molecule has 3 rings (SSSR count). The van der Waals surface area contributed by atoms with E-state index in [0.717, 1.165) is 17.0 Å². The highest BCUT2D eigenvalue weighted by molar-refractivity contribution is 7.99. The number of benzene rings is 2. The molecule has 0 radical (unpaired) electrons. The summed E-state index contributed by atoms with van der Waals surface area (Å²) in [4.78, 5) is 31.5. The van der Waals surface area contributed by atoms with Crippen LogP contribution in [0.3, 0.4) is 0 Å². The average molecular weight is 398 g/mol. The van der Waals surface area contributed by atoms with Crippen molar-refractivity contribution in [2.45, 2.75) is 18.5 Å². The van der Waals surface area contributed by atoms with Crippen molar-refractivity contribution in [2.75, 3.05) is 5.75 Å². The Kier molecular flexibility index (Phi) is 6.44. The number of hydrogen-bond acceptors (Lipinski definition) is 4. The van der Waals surface area contributed by atoms with E-state index in [9.17, 15) is 14.0 Å². The first-order valence-electron chi connectivity index (χ1n) is 8.58. The number of halogens is 1. The number of thioether (sulfide) groups is 1. The van der Waals surface area contributed by atoms with Crippen molar-refractivity contribution in [2.24, 2.45) is 0 Å². The van der Waals surface area contributed by atoms with Crippen LogP contribution < -0.4 is 10.9 Å². The second kappa shape index (κ2) is 9.18. The molecule has 0 saturated carbocycles. The Morgan fingerprint density at radius 1 is 1.07 bits per heavy atom. The zero-order valence-corrected chi connectivity index (χ0v) is 16.0. The van der Waals surface area contributed by atoms with Crippen LogP contribution in [-0.4, -0.2) is 27.5 Å². The number of carbonyl (C=O) groups excluding carboxylic acids is 2. The van der Waals surface area contributed by atoms with E-state index in [0.29, 0.717) is 11.6 Å². The zero-order chi connectivity index (χ0) is 19.9. The molecule has 3 aromatic rings. The molecule has 0 atom stereocenters. The van der Waals surface area contributed by atoms with Gasteiger partial charge in [0.15, 0.2) is 5.16 Å². The van der Waals surface area contributed by atoms with E-state index in [1.807, 2.05) is 37.3 Å². The molecule has 3 N–H and O–H groups in total. The van der Waals surface area contributed by atoms with Gasteiger partial charge in [0.05, 0.1) is 11.4 Å². The lowest BCUT2D eigenvalue weighted by Crippen LogP contribution is -2.42. The number of imidazole rings is 1. The topological polar surface area (TPSA) is 86.9 Å². The maximum atomic E-state index is 12.9. The van der Waals surface area contributed by atoms with Gasteiger partial charge in [-0.3, -0.25) is 20.4 Å². The van der Waals surface area contributed by atoms with Gasteiger partial charge in [-0.1, -0.05) is 42.1 Å². The number of amides is 2. The van der Waals surface area contributed by atoms with Crippen LogP contribution in [0.2, 0.25) is 0 Å². The third-order valence-electron chi connectivity index (χ3n) is 3.94. The molecule has 1 aromatic heterocycles. The highest BCUT2D eigenvalue weighted by Gasteiger charge is 2.11. The van der Waals surface area contributed by atoms with E-state index < -0.39 is 11.7 Å². The summed E-state index contributed by atoms with van der Waals surface area (Å²) < 4.78 is 12.9. The lowest BCUT2D eigenvalue weighted by molar-refractivity contribution is -0.119. The first-order chi connectivity index (χ1) is 13.5. The minimum absolute atomic E-state index is 0.0848. The summed E-state index contributed by atoms with van der Waals surface area (Å²) in [5.41, 5.74) is 7.93. The zero-order valence-electron chi connectivity index (χ0n) is 15.2. The van der Waals surface area contributed by atoms with Gasteiger partial charge < -0.3 is 4.98 Å². The molecule has 0 aliphatic carbocycles. The molecular formula is C20H19FN4O2S. The van der Waals surface area contributed by atoms with Gasteiger partial charge in [-0.15, -0.1) is 0 Å². The largest absolute Gasteiger partial charge is 0.337 e. The fourth-order valence-corrected chi connectivity index (χ4v) is 3.21. The number of H-pyrrole nitrogens is 1. The Labute approximate surface area is 165 Å². The van der Waals surface area contributed by atoms with E-state index in [1.54, 1.807) is 0 Å². The molecule has 2 amide bonds. The quantitative estimate of drug-likeness (QED) is 0.440. The van der Waals surface area contributed by atoms with Gasteiger partial charge in [-0.25, -0.2) is 9.37 Å². The molecule has 28 heavy (non-hydrogen) atoms. The maximum Gasteiger partial charge on any atom is 0.269 e. The molecule has 0 aliphatic heterocycles. The second-order valence-corrected chi connectivity index (χ2v) is 7.04. The first-order valence-corrected chi connectivity index (χ1v) is 9.57. The third kappa shape index (κ3) is 5.43. The van der Waals surface area contributed by atoms with Crippen molar-refractivity contribution in [1.82, 2.24) is 20.8 Å². The van der Waals surface area contributed by atoms with Crippen molar-refractivity contribution in [3.05, 3.63) is 82.9 Å². The standard InChI is InChI=1S/C20H19FN4O2S/c1-13-17(11-14-5-3-2-4-6-14)23-20(22-13)28-12-18(26)24-25-19(27)15-7-9-16(21)10-8-15/h2-10H,11-12H2,1H3,(H,22,23)(H,24,26)(H,25,27). The number of nitrogens with one attached hydrogen (secondary N) is 3. The van der Waals surface area contributed by atoms with Crippen LogP contribution in [-0.2, 0) is 11.2 Å². The monoisotopic (exact) mass is 398 g/mol. The molecule has 0 aliphatic rings. The molecule has 0 bridgehead atoms. The minimum Gasteiger partial charge on any atom is -0.337 e. The van der Waals surface area contributed by atoms with Crippen molar-refractivity contribution in [3.63, 3.8) is 0 Å². The summed E-state index contributed by atoms with van der Waals surface area (Å²) in [6.45, 7) is 1.94. The molecule has 0 fully saturated rings. The summed E-state index contributed by atoms with van der Waals surface area (Å²) in [5, 5.41) is 0.642. The van der Waals surface area contributed by atoms with Gasteiger partial charge in [0.1, 0.15) is 5.82 Å². The Morgan fingerprint density at radius 2 is 1.79 bits per heavy atom. The predicted octanol–water partition coefficient (Wildman–Crippen LogP) is 3.00. The lowest BCUT2D eigenvalue weighted by atomic mass is 10.1. The second-order valence-electron chi connectivity index (χ2n) is 6.07. The number of aromatic nitrogens is 2. The molecular weight excluding hydrogens is 379 g/mol.